The van der Waals surface area contributed by atoms with E-state index in [0.29, 0.717) is 18.2 Å². The molecule has 0 fully saturated rings. The predicted octanol–water partition coefficient (Wildman–Crippen LogP) is 1.02. The van der Waals surface area contributed by atoms with Gasteiger partial charge in [-0.1, -0.05) is 12.1 Å². The molecule has 0 bridgehead atoms. The summed E-state index contributed by atoms with van der Waals surface area (Å²) in [6.07, 6.45) is 1.74. The van der Waals surface area contributed by atoms with Gasteiger partial charge in [-0.2, -0.15) is 10.1 Å². The Balaban J connectivity index is 2.06. The molecule has 7 nitrogen and oxygen atoms in total. The van der Waals surface area contributed by atoms with Gasteiger partial charge in [0.25, 0.3) is 0 Å². The Morgan fingerprint density at radius 1 is 1.29 bits per heavy atom. The van der Waals surface area contributed by atoms with Crippen molar-refractivity contribution in [2.45, 2.75) is 0 Å². The average Bonchev–Trinajstić information content (AvgIpc) is 2.83. The molecule has 0 unspecified atom stereocenters. The summed E-state index contributed by atoms with van der Waals surface area (Å²) in [4.78, 5) is 8.67. The standard InChI is InChI=1S/C14H16N6O/c1-20-13-11(8-17-14(18-13)16-6-7-21)12(19-20)9-2-4-10(15)5-3-9/h2-5,8,21H,6-7,15H2,1H3,(H,16,17,18). The number of nitrogens with one attached hydrogen (secondary N) is 1. The van der Waals surface area contributed by atoms with E-state index < -0.39 is 0 Å². The molecule has 3 aromatic rings. The van der Waals surface area contributed by atoms with Gasteiger partial charge < -0.3 is 16.2 Å². The normalized spacial score (nSPS) is 11.0. The Labute approximate surface area is 121 Å². The van der Waals surface area contributed by atoms with Crippen LogP contribution >= 0.6 is 0 Å². The maximum Gasteiger partial charge on any atom is 0.224 e. The van der Waals surface area contributed by atoms with Gasteiger partial charge in [0.05, 0.1) is 12.0 Å². The summed E-state index contributed by atoms with van der Waals surface area (Å²) < 4.78 is 1.72. The summed E-state index contributed by atoms with van der Waals surface area (Å²) in [7, 11) is 1.84. The summed E-state index contributed by atoms with van der Waals surface area (Å²) in [5, 5.41) is 17.1. The van der Waals surface area contributed by atoms with Gasteiger partial charge in [-0.05, 0) is 12.1 Å². The summed E-state index contributed by atoms with van der Waals surface area (Å²) in [5.74, 6) is 0.475. The van der Waals surface area contributed by atoms with Crippen LogP contribution < -0.4 is 11.1 Å². The fourth-order valence-electron chi connectivity index (χ4n) is 2.14. The molecule has 0 atom stereocenters. The van der Waals surface area contributed by atoms with E-state index in [1.54, 1.807) is 10.9 Å². The van der Waals surface area contributed by atoms with Crippen LogP contribution in [0.5, 0.6) is 0 Å². The van der Waals surface area contributed by atoms with Crippen molar-refractivity contribution in [3.05, 3.63) is 30.5 Å². The second kappa shape index (κ2) is 5.37. The quantitative estimate of drug-likeness (QED) is 0.618. The molecule has 21 heavy (non-hydrogen) atoms. The zero-order valence-electron chi connectivity index (χ0n) is 11.6. The second-order valence-corrected chi connectivity index (χ2v) is 4.68. The Morgan fingerprint density at radius 2 is 2.05 bits per heavy atom. The van der Waals surface area contributed by atoms with Crippen LogP contribution in [0.25, 0.3) is 22.3 Å². The summed E-state index contributed by atoms with van der Waals surface area (Å²) in [5.41, 5.74) is 8.94. The third-order valence-corrected chi connectivity index (χ3v) is 3.16. The Bertz CT molecular complexity index is 765. The van der Waals surface area contributed by atoms with Crippen molar-refractivity contribution in [1.82, 2.24) is 19.7 Å². The van der Waals surface area contributed by atoms with Crippen molar-refractivity contribution in [2.24, 2.45) is 7.05 Å². The minimum absolute atomic E-state index is 0.0312. The number of hydrogen-bond acceptors (Lipinski definition) is 6. The largest absolute Gasteiger partial charge is 0.399 e. The zero-order valence-corrected chi connectivity index (χ0v) is 11.6. The van der Waals surface area contributed by atoms with E-state index >= 15 is 0 Å². The molecule has 0 spiro atoms. The van der Waals surface area contributed by atoms with Gasteiger partial charge in [-0.15, -0.1) is 0 Å². The third-order valence-electron chi connectivity index (χ3n) is 3.16. The lowest BCUT2D eigenvalue weighted by molar-refractivity contribution is 0.311. The van der Waals surface area contributed by atoms with Crippen LogP contribution in [0.1, 0.15) is 0 Å². The number of rotatable bonds is 4. The fourth-order valence-corrected chi connectivity index (χ4v) is 2.14. The summed E-state index contributed by atoms with van der Waals surface area (Å²) in [6, 6.07) is 7.53. The van der Waals surface area contributed by atoms with Crippen molar-refractivity contribution >= 4 is 22.7 Å². The number of aliphatic hydroxyl groups is 1. The first-order chi connectivity index (χ1) is 10.2. The molecule has 0 radical (unpaired) electrons. The third kappa shape index (κ3) is 2.50. The number of hydrogen-bond donors (Lipinski definition) is 3. The molecule has 0 aliphatic heterocycles. The molecular weight excluding hydrogens is 268 g/mol. The van der Waals surface area contributed by atoms with Gasteiger partial charge >= 0.3 is 0 Å². The van der Waals surface area contributed by atoms with Crippen molar-refractivity contribution < 1.29 is 5.11 Å². The molecule has 3 rings (SSSR count). The van der Waals surface area contributed by atoms with E-state index in [2.05, 4.69) is 20.4 Å². The number of nitrogens with zero attached hydrogens (tertiary/aromatic N) is 4. The molecule has 1 aromatic carbocycles. The molecule has 0 saturated carbocycles. The fraction of sp³-hybridized carbons (Fsp3) is 0.214. The Kier molecular flexibility index (Phi) is 3.41. The lowest BCUT2D eigenvalue weighted by atomic mass is 10.1. The van der Waals surface area contributed by atoms with Crippen LogP contribution in [0.4, 0.5) is 11.6 Å². The van der Waals surface area contributed by atoms with Crippen molar-refractivity contribution in [1.29, 1.82) is 0 Å². The monoisotopic (exact) mass is 284 g/mol. The molecular formula is C14H16N6O. The second-order valence-electron chi connectivity index (χ2n) is 4.68. The van der Waals surface area contributed by atoms with Crippen LogP contribution in [-0.2, 0) is 7.05 Å². The van der Waals surface area contributed by atoms with E-state index in [-0.39, 0.29) is 6.61 Å². The lowest BCUT2D eigenvalue weighted by Gasteiger charge is -2.02. The topological polar surface area (TPSA) is 102 Å². The SMILES string of the molecule is Cn1nc(-c2ccc(N)cc2)c2cnc(NCCO)nc21. The van der Waals surface area contributed by atoms with E-state index in [4.69, 9.17) is 10.8 Å². The first-order valence-corrected chi connectivity index (χ1v) is 6.59. The highest BCUT2D eigenvalue weighted by Crippen LogP contribution is 2.27. The number of anilines is 2. The highest BCUT2D eigenvalue weighted by atomic mass is 16.3. The van der Waals surface area contributed by atoms with E-state index in [9.17, 15) is 0 Å². The molecule has 0 saturated heterocycles. The number of aromatic nitrogens is 4. The zero-order chi connectivity index (χ0) is 14.8. The number of fused-ring (bicyclic) bond motifs is 1. The Hall–Kier alpha value is -2.67. The van der Waals surface area contributed by atoms with Crippen LogP contribution in [0.2, 0.25) is 0 Å². The molecule has 4 N–H and O–H groups in total. The van der Waals surface area contributed by atoms with Gasteiger partial charge in [0.15, 0.2) is 5.65 Å². The van der Waals surface area contributed by atoms with E-state index in [1.165, 1.54) is 0 Å². The number of benzene rings is 1. The maximum absolute atomic E-state index is 8.82. The number of nitrogens with two attached hydrogens (primary N) is 1. The highest BCUT2D eigenvalue weighted by Gasteiger charge is 2.13. The van der Waals surface area contributed by atoms with Gasteiger partial charge in [-0.25, -0.2) is 9.67 Å². The lowest BCUT2D eigenvalue weighted by Crippen LogP contribution is -2.08. The smallest absolute Gasteiger partial charge is 0.224 e. The summed E-state index contributed by atoms with van der Waals surface area (Å²) in [6.45, 7) is 0.442. The molecule has 108 valence electrons. The van der Waals surface area contributed by atoms with Crippen LogP contribution in [0.15, 0.2) is 30.5 Å². The van der Waals surface area contributed by atoms with Gasteiger partial charge in [0.2, 0.25) is 5.95 Å². The first-order valence-electron chi connectivity index (χ1n) is 6.59. The molecule has 2 heterocycles. The molecule has 7 heteroatoms. The molecule has 0 aliphatic rings. The average molecular weight is 284 g/mol. The number of aliphatic hydroxyl groups excluding tert-OH is 1. The highest BCUT2D eigenvalue weighted by molar-refractivity contribution is 5.91. The van der Waals surface area contributed by atoms with Gasteiger partial charge in [0, 0.05) is 31.0 Å². The molecule has 2 aromatic heterocycles. The van der Waals surface area contributed by atoms with Crippen molar-refractivity contribution in [3.63, 3.8) is 0 Å². The first kappa shape index (κ1) is 13.3. The van der Waals surface area contributed by atoms with Crippen LogP contribution in [0.3, 0.4) is 0 Å². The minimum Gasteiger partial charge on any atom is -0.399 e. The number of aryl methyl sites for hydroxylation is 1. The van der Waals surface area contributed by atoms with Gasteiger partial charge in [-0.3, -0.25) is 0 Å². The predicted molar refractivity (Wildman–Crippen MR) is 81.7 cm³/mol. The Morgan fingerprint density at radius 3 is 2.76 bits per heavy atom. The molecule has 0 amide bonds. The minimum atomic E-state index is 0.0312. The van der Waals surface area contributed by atoms with Crippen molar-refractivity contribution in [2.75, 3.05) is 24.2 Å². The van der Waals surface area contributed by atoms with Gasteiger partial charge in [0.1, 0.15) is 5.69 Å². The number of nitrogen functional groups attached to an aromatic ring is 1. The van der Waals surface area contributed by atoms with Crippen LogP contribution in [0, 0.1) is 0 Å². The van der Waals surface area contributed by atoms with E-state index in [0.717, 1.165) is 22.3 Å². The molecule has 0 aliphatic carbocycles. The summed E-state index contributed by atoms with van der Waals surface area (Å²) >= 11 is 0. The van der Waals surface area contributed by atoms with Crippen LogP contribution in [-0.4, -0.2) is 38.0 Å². The van der Waals surface area contributed by atoms with Crippen molar-refractivity contribution in [3.8, 4) is 11.3 Å². The van der Waals surface area contributed by atoms with E-state index in [1.807, 2.05) is 31.3 Å². The maximum atomic E-state index is 8.82.